The van der Waals surface area contributed by atoms with Crippen LogP contribution < -0.4 is 9.86 Å². The molecule has 3 N–H and O–H groups in total. The van der Waals surface area contributed by atoms with E-state index in [0.717, 1.165) is 32.1 Å². The molecule has 1 aromatic rings. The van der Waals surface area contributed by atoms with Crippen LogP contribution in [0.2, 0.25) is 0 Å². The highest BCUT2D eigenvalue weighted by atomic mass is 32.2. The van der Waals surface area contributed by atoms with E-state index in [4.69, 9.17) is 5.14 Å². The van der Waals surface area contributed by atoms with Gasteiger partial charge in [-0.15, -0.1) is 0 Å². The van der Waals surface area contributed by atoms with E-state index < -0.39 is 20.0 Å². The molecule has 6 nitrogen and oxygen atoms in total. The Hall–Kier alpha value is -1.12. The monoisotopic (exact) mass is 332 g/mol. The average Bonchev–Trinajstić information content (AvgIpc) is 2.38. The molecular weight excluding hydrogens is 312 g/mol. The Kier molecular flexibility index (Phi) is 4.90. The van der Waals surface area contributed by atoms with Gasteiger partial charge >= 0.3 is 0 Å². The molecule has 2 rings (SSSR count). The maximum Gasteiger partial charge on any atom is 0.240 e. The Labute approximate surface area is 125 Å². The molecule has 0 radical (unpaired) electrons. The fourth-order valence-corrected chi connectivity index (χ4v) is 4.98. The highest BCUT2D eigenvalue weighted by Gasteiger charge is 2.23. The molecular formula is C13H20N2O4S2. The number of nitrogens with one attached hydrogen (secondary N) is 1. The largest absolute Gasteiger partial charge is 0.282 e. The summed E-state index contributed by atoms with van der Waals surface area (Å²) in [4.78, 5) is -0.211. The topological polar surface area (TPSA) is 106 Å². The lowest BCUT2D eigenvalue weighted by Gasteiger charge is -2.21. The molecule has 0 saturated heterocycles. The van der Waals surface area contributed by atoms with Crippen molar-refractivity contribution >= 4 is 25.7 Å². The minimum Gasteiger partial charge on any atom is -0.282 e. The van der Waals surface area contributed by atoms with Gasteiger partial charge in [-0.05, 0) is 30.9 Å². The van der Waals surface area contributed by atoms with Gasteiger partial charge in [-0.2, -0.15) is 0 Å². The Bertz CT molecular complexity index is 693. The van der Waals surface area contributed by atoms with E-state index in [1.54, 1.807) is 6.07 Å². The summed E-state index contributed by atoms with van der Waals surface area (Å²) < 4.78 is 49.7. The molecule has 0 atom stereocenters. The first kappa shape index (κ1) is 16.3. The van der Waals surface area contributed by atoms with Gasteiger partial charge < -0.3 is 0 Å². The van der Waals surface area contributed by atoms with Crippen molar-refractivity contribution in [2.24, 2.45) is 11.1 Å². The number of nitrogens with two attached hydrogens (primary N) is 1. The second-order valence-electron chi connectivity index (χ2n) is 5.43. The SMILES string of the molecule is NS(=O)(=O)c1ccccc1NS(=O)(=O)CC1CCCCC1. The Morgan fingerprint density at radius 1 is 1.05 bits per heavy atom. The van der Waals surface area contributed by atoms with E-state index in [9.17, 15) is 16.8 Å². The quantitative estimate of drug-likeness (QED) is 0.855. The van der Waals surface area contributed by atoms with Crippen molar-refractivity contribution < 1.29 is 16.8 Å². The maximum atomic E-state index is 12.2. The molecule has 0 spiro atoms. The van der Waals surface area contributed by atoms with Crippen LogP contribution in [0.1, 0.15) is 32.1 Å². The summed E-state index contributed by atoms with van der Waals surface area (Å²) in [7, 11) is -7.55. The average molecular weight is 332 g/mol. The summed E-state index contributed by atoms with van der Waals surface area (Å²) >= 11 is 0. The van der Waals surface area contributed by atoms with Gasteiger partial charge in [-0.1, -0.05) is 31.4 Å². The van der Waals surface area contributed by atoms with Gasteiger partial charge in [0.05, 0.1) is 11.4 Å². The van der Waals surface area contributed by atoms with Crippen molar-refractivity contribution in [3.8, 4) is 0 Å². The van der Waals surface area contributed by atoms with E-state index in [1.807, 2.05) is 0 Å². The molecule has 1 saturated carbocycles. The number of rotatable bonds is 5. The lowest BCUT2D eigenvalue weighted by molar-refractivity contribution is 0.385. The van der Waals surface area contributed by atoms with Crippen molar-refractivity contribution in [2.45, 2.75) is 37.0 Å². The van der Waals surface area contributed by atoms with Crippen molar-refractivity contribution in [3.63, 3.8) is 0 Å². The number of primary sulfonamides is 1. The van der Waals surface area contributed by atoms with Gasteiger partial charge in [0.1, 0.15) is 4.90 Å². The zero-order valence-electron chi connectivity index (χ0n) is 11.7. The van der Waals surface area contributed by atoms with E-state index in [0.29, 0.717) is 0 Å². The van der Waals surface area contributed by atoms with Crippen LogP contribution in [0.5, 0.6) is 0 Å². The molecule has 118 valence electrons. The van der Waals surface area contributed by atoms with Crippen LogP contribution in [0.15, 0.2) is 29.2 Å². The first-order valence-electron chi connectivity index (χ1n) is 6.90. The minimum atomic E-state index is -3.97. The van der Waals surface area contributed by atoms with Crippen LogP contribution >= 0.6 is 0 Å². The van der Waals surface area contributed by atoms with Crippen LogP contribution in [0.4, 0.5) is 5.69 Å². The first-order chi connectivity index (χ1) is 9.78. The number of hydrogen-bond acceptors (Lipinski definition) is 4. The third-order valence-electron chi connectivity index (χ3n) is 3.64. The Balaban J connectivity index is 2.17. The highest BCUT2D eigenvalue weighted by Crippen LogP contribution is 2.26. The molecule has 0 aliphatic heterocycles. The maximum absolute atomic E-state index is 12.2. The molecule has 0 aromatic heterocycles. The number of anilines is 1. The predicted octanol–water partition coefficient (Wildman–Crippen LogP) is 1.66. The van der Waals surface area contributed by atoms with Crippen LogP contribution in [0, 0.1) is 5.92 Å². The zero-order chi connectivity index (χ0) is 15.5. The predicted molar refractivity (Wildman–Crippen MR) is 81.8 cm³/mol. The summed E-state index contributed by atoms with van der Waals surface area (Å²) in [6, 6.07) is 5.75. The zero-order valence-corrected chi connectivity index (χ0v) is 13.3. The van der Waals surface area contributed by atoms with Crippen LogP contribution in [-0.4, -0.2) is 22.6 Å². The second-order valence-corrected chi connectivity index (χ2v) is 8.73. The Morgan fingerprint density at radius 3 is 2.29 bits per heavy atom. The summed E-state index contributed by atoms with van der Waals surface area (Å²) in [5, 5.41) is 5.10. The van der Waals surface area contributed by atoms with Gasteiger partial charge in [0.2, 0.25) is 20.0 Å². The van der Waals surface area contributed by atoms with Crippen molar-refractivity contribution in [1.82, 2.24) is 0 Å². The van der Waals surface area contributed by atoms with Crippen molar-refractivity contribution in [3.05, 3.63) is 24.3 Å². The van der Waals surface area contributed by atoms with Crippen LogP contribution in [0.3, 0.4) is 0 Å². The molecule has 1 aliphatic carbocycles. The van der Waals surface area contributed by atoms with E-state index in [2.05, 4.69) is 4.72 Å². The lowest BCUT2D eigenvalue weighted by Crippen LogP contribution is -2.25. The molecule has 1 aromatic carbocycles. The van der Waals surface area contributed by atoms with E-state index in [-0.39, 0.29) is 22.3 Å². The summed E-state index contributed by atoms with van der Waals surface area (Å²) in [6.07, 6.45) is 5.05. The minimum absolute atomic E-state index is 0.0100. The molecule has 1 fully saturated rings. The molecule has 1 aliphatic rings. The number of hydrogen-bond donors (Lipinski definition) is 2. The van der Waals surface area contributed by atoms with E-state index in [1.165, 1.54) is 18.2 Å². The summed E-state index contributed by atoms with van der Waals surface area (Å²) in [6.45, 7) is 0. The summed E-state index contributed by atoms with van der Waals surface area (Å²) in [5.74, 6) is 0.157. The molecule has 0 heterocycles. The third-order valence-corrected chi connectivity index (χ3v) is 6.05. The second kappa shape index (κ2) is 6.33. The highest BCUT2D eigenvalue weighted by molar-refractivity contribution is 7.93. The molecule has 8 heteroatoms. The third kappa shape index (κ3) is 4.69. The van der Waals surface area contributed by atoms with Gasteiger partial charge in [-0.3, -0.25) is 4.72 Å². The number of sulfonamides is 2. The number of para-hydroxylation sites is 1. The number of benzene rings is 1. The van der Waals surface area contributed by atoms with Gasteiger partial charge in [0, 0.05) is 0 Å². The van der Waals surface area contributed by atoms with Gasteiger partial charge in [-0.25, -0.2) is 22.0 Å². The lowest BCUT2D eigenvalue weighted by atomic mass is 9.91. The van der Waals surface area contributed by atoms with Gasteiger partial charge in [0.25, 0.3) is 0 Å². The van der Waals surface area contributed by atoms with Gasteiger partial charge in [0.15, 0.2) is 0 Å². The fraction of sp³-hybridized carbons (Fsp3) is 0.538. The van der Waals surface area contributed by atoms with Crippen molar-refractivity contribution in [1.29, 1.82) is 0 Å². The van der Waals surface area contributed by atoms with Crippen LogP contribution in [0.25, 0.3) is 0 Å². The standard InChI is InChI=1S/C13H20N2O4S2/c14-21(18,19)13-9-5-4-8-12(13)15-20(16,17)10-11-6-2-1-3-7-11/h4-5,8-9,11,15H,1-3,6-7,10H2,(H2,14,18,19). The smallest absolute Gasteiger partial charge is 0.240 e. The molecule has 0 amide bonds. The van der Waals surface area contributed by atoms with E-state index >= 15 is 0 Å². The molecule has 0 unspecified atom stereocenters. The van der Waals surface area contributed by atoms with Crippen molar-refractivity contribution in [2.75, 3.05) is 10.5 Å². The normalized spacial score (nSPS) is 17.6. The summed E-state index contributed by atoms with van der Waals surface area (Å²) in [5.41, 5.74) is 0.0100. The Morgan fingerprint density at radius 2 is 1.67 bits per heavy atom. The fourth-order valence-electron chi connectivity index (χ4n) is 2.67. The molecule has 0 bridgehead atoms. The van der Waals surface area contributed by atoms with Crippen LogP contribution in [-0.2, 0) is 20.0 Å². The first-order valence-corrected chi connectivity index (χ1v) is 10.1. The molecule has 21 heavy (non-hydrogen) atoms.